The average Bonchev–Trinajstić information content (AvgIpc) is 2.70. The quantitative estimate of drug-likeness (QED) is 0.584. The van der Waals surface area contributed by atoms with Crippen LogP contribution in [0.15, 0.2) is 46.9 Å². The zero-order chi connectivity index (χ0) is 19.9. The Hall–Kier alpha value is -1.11. The molecule has 2 N–H and O–H groups in total. The van der Waals surface area contributed by atoms with Crippen LogP contribution in [0, 0.1) is 5.92 Å². The van der Waals surface area contributed by atoms with Gasteiger partial charge in [0.15, 0.2) is 0 Å². The van der Waals surface area contributed by atoms with Crippen LogP contribution in [-0.2, 0) is 6.61 Å². The molecular weight excluding hydrogens is 442 g/mol. The third-order valence-corrected chi connectivity index (χ3v) is 6.06. The predicted molar refractivity (Wildman–Crippen MR) is 116 cm³/mol. The second-order valence-electron chi connectivity index (χ2n) is 7.37. The van der Waals surface area contributed by atoms with Gasteiger partial charge in [0.2, 0.25) is 0 Å². The van der Waals surface area contributed by atoms with E-state index >= 15 is 0 Å². The van der Waals surface area contributed by atoms with Crippen molar-refractivity contribution in [3.63, 3.8) is 0 Å². The third kappa shape index (κ3) is 6.19. The molecule has 1 aliphatic rings. The highest BCUT2D eigenvalue weighted by Crippen LogP contribution is 2.31. The maximum Gasteiger partial charge on any atom is 0.125 e. The topological polar surface area (TPSA) is 52.9 Å². The minimum atomic E-state index is -0.618. The number of rotatable bonds is 8. The molecule has 4 nitrogen and oxygen atoms in total. The number of ether oxygens (including phenoxy) is 1. The van der Waals surface area contributed by atoms with Gasteiger partial charge in [0, 0.05) is 28.2 Å². The Morgan fingerprint density at radius 2 is 1.86 bits per heavy atom. The van der Waals surface area contributed by atoms with Gasteiger partial charge in [0.25, 0.3) is 0 Å². The van der Waals surface area contributed by atoms with Gasteiger partial charge in [-0.25, -0.2) is 0 Å². The molecule has 0 spiro atoms. The van der Waals surface area contributed by atoms with Crippen molar-refractivity contribution in [1.29, 1.82) is 0 Å². The molecular formula is C22H27BrClNO3. The molecule has 0 bridgehead atoms. The number of benzene rings is 2. The van der Waals surface area contributed by atoms with Crippen LogP contribution < -0.4 is 4.74 Å². The van der Waals surface area contributed by atoms with Crippen LogP contribution in [-0.4, -0.2) is 41.4 Å². The molecule has 1 saturated heterocycles. The van der Waals surface area contributed by atoms with Gasteiger partial charge in [-0.05, 0) is 74.2 Å². The Morgan fingerprint density at radius 3 is 2.54 bits per heavy atom. The van der Waals surface area contributed by atoms with E-state index in [0.717, 1.165) is 48.0 Å². The van der Waals surface area contributed by atoms with E-state index in [1.54, 1.807) is 0 Å². The van der Waals surface area contributed by atoms with Crippen molar-refractivity contribution < 1.29 is 14.9 Å². The second kappa shape index (κ2) is 10.6. The van der Waals surface area contributed by atoms with Gasteiger partial charge in [-0.3, -0.25) is 0 Å². The van der Waals surface area contributed by atoms with Crippen molar-refractivity contribution in [2.75, 3.05) is 26.2 Å². The van der Waals surface area contributed by atoms with Gasteiger partial charge in [0.05, 0.1) is 6.10 Å². The molecule has 2 aromatic rings. The Kier molecular flexibility index (Phi) is 8.18. The fourth-order valence-electron chi connectivity index (χ4n) is 3.64. The van der Waals surface area contributed by atoms with Crippen molar-refractivity contribution in [2.24, 2.45) is 5.92 Å². The highest BCUT2D eigenvalue weighted by atomic mass is 79.9. The number of hydrogen-bond donors (Lipinski definition) is 2. The Morgan fingerprint density at radius 1 is 1.14 bits per heavy atom. The molecule has 1 aliphatic heterocycles. The summed E-state index contributed by atoms with van der Waals surface area (Å²) in [6, 6.07) is 13.3. The number of hydrogen-bond acceptors (Lipinski definition) is 4. The maximum atomic E-state index is 10.9. The summed E-state index contributed by atoms with van der Waals surface area (Å²) in [5.41, 5.74) is 1.82. The lowest BCUT2D eigenvalue weighted by atomic mass is 9.93. The van der Waals surface area contributed by atoms with Gasteiger partial charge in [-0.15, -0.1) is 0 Å². The van der Waals surface area contributed by atoms with Crippen LogP contribution >= 0.6 is 27.5 Å². The van der Waals surface area contributed by atoms with E-state index in [1.807, 2.05) is 42.5 Å². The predicted octanol–water partition coefficient (Wildman–Crippen LogP) is 4.81. The van der Waals surface area contributed by atoms with Crippen molar-refractivity contribution in [1.82, 2.24) is 4.90 Å². The standard InChI is InChI=1S/C22H27BrClNO3/c23-18-3-6-22(28-15-17-1-4-19(24)5-2-17)20(13-18)21(27)14-25-10-7-16(8-11-25)9-12-26/h1-6,13,16,21,26-27H,7-12,14-15H2. The first-order valence-electron chi connectivity index (χ1n) is 9.73. The largest absolute Gasteiger partial charge is 0.489 e. The number of halogens is 2. The average molecular weight is 469 g/mol. The molecule has 1 fully saturated rings. The summed E-state index contributed by atoms with van der Waals surface area (Å²) in [6.07, 6.45) is 2.41. The smallest absolute Gasteiger partial charge is 0.125 e. The zero-order valence-corrected chi connectivity index (χ0v) is 18.2. The van der Waals surface area contributed by atoms with Crippen molar-refractivity contribution in [3.05, 3.63) is 63.1 Å². The number of piperidine rings is 1. The third-order valence-electron chi connectivity index (χ3n) is 5.31. The van der Waals surface area contributed by atoms with E-state index in [1.165, 1.54) is 0 Å². The molecule has 28 heavy (non-hydrogen) atoms. The van der Waals surface area contributed by atoms with E-state index < -0.39 is 6.10 Å². The summed E-state index contributed by atoms with van der Waals surface area (Å²) in [5, 5.41) is 20.7. The van der Waals surface area contributed by atoms with Crippen molar-refractivity contribution in [2.45, 2.75) is 32.0 Å². The Bertz CT molecular complexity index is 748. The van der Waals surface area contributed by atoms with Gasteiger partial charge < -0.3 is 19.8 Å². The van der Waals surface area contributed by atoms with Crippen LogP contribution in [0.4, 0.5) is 0 Å². The number of aliphatic hydroxyl groups is 2. The number of β-amino-alcohol motifs (C(OH)–C–C–N with tert-alkyl or cyclic N) is 1. The zero-order valence-electron chi connectivity index (χ0n) is 15.9. The number of likely N-dealkylation sites (tertiary alicyclic amines) is 1. The lowest BCUT2D eigenvalue weighted by Crippen LogP contribution is -2.36. The molecule has 1 atom stereocenters. The van der Waals surface area contributed by atoms with Gasteiger partial charge >= 0.3 is 0 Å². The molecule has 0 saturated carbocycles. The monoisotopic (exact) mass is 467 g/mol. The molecule has 6 heteroatoms. The van der Waals surface area contributed by atoms with Crippen molar-refractivity contribution >= 4 is 27.5 Å². The van der Waals surface area contributed by atoms with E-state index in [0.29, 0.717) is 29.8 Å². The Balaban J connectivity index is 1.62. The first kappa shape index (κ1) is 21.6. The highest BCUT2D eigenvalue weighted by Gasteiger charge is 2.23. The van der Waals surface area contributed by atoms with E-state index in [-0.39, 0.29) is 6.61 Å². The minimum Gasteiger partial charge on any atom is -0.489 e. The molecule has 2 aromatic carbocycles. The summed E-state index contributed by atoms with van der Waals surface area (Å²) in [4.78, 5) is 2.29. The van der Waals surface area contributed by atoms with Crippen molar-refractivity contribution in [3.8, 4) is 5.75 Å². The molecule has 152 valence electrons. The number of nitrogens with zero attached hydrogens (tertiary/aromatic N) is 1. The number of aliphatic hydroxyl groups excluding tert-OH is 2. The van der Waals surface area contributed by atoms with Gasteiger partial charge in [-0.2, -0.15) is 0 Å². The minimum absolute atomic E-state index is 0.264. The van der Waals surface area contributed by atoms with Crippen LogP contribution in [0.25, 0.3) is 0 Å². The van der Waals surface area contributed by atoms with Gasteiger partial charge in [-0.1, -0.05) is 39.7 Å². The molecule has 3 rings (SSSR count). The molecule has 0 amide bonds. The first-order chi connectivity index (χ1) is 13.5. The summed E-state index contributed by atoms with van der Waals surface area (Å²) < 4.78 is 6.93. The second-order valence-corrected chi connectivity index (χ2v) is 8.72. The maximum absolute atomic E-state index is 10.9. The van der Waals surface area contributed by atoms with Crippen LogP contribution in [0.3, 0.4) is 0 Å². The van der Waals surface area contributed by atoms with E-state index in [9.17, 15) is 5.11 Å². The Labute approximate surface area is 180 Å². The van der Waals surface area contributed by atoms with E-state index in [2.05, 4.69) is 20.8 Å². The highest BCUT2D eigenvalue weighted by molar-refractivity contribution is 9.10. The molecule has 0 radical (unpaired) electrons. The van der Waals surface area contributed by atoms with Crippen LogP contribution in [0.5, 0.6) is 5.75 Å². The summed E-state index contributed by atoms with van der Waals surface area (Å²) in [7, 11) is 0. The summed E-state index contributed by atoms with van der Waals surface area (Å²) in [6.45, 7) is 3.18. The SMILES string of the molecule is OCCC1CCN(CC(O)c2cc(Br)ccc2OCc2ccc(Cl)cc2)CC1. The normalized spacial score (nSPS) is 16.9. The van der Waals surface area contributed by atoms with Gasteiger partial charge in [0.1, 0.15) is 12.4 Å². The van der Waals surface area contributed by atoms with Crippen LogP contribution in [0.1, 0.15) is 36.5 Å². The lowest BCUT2D eigenvalue weighted by molar-refractivity contribution is 0.0822. The molecule has 0 aliphatic carbocycles. The summed E-state index contributed by atoms with van der Waals surface area (Å²) >= 11 is 9.44. The molecule has 1 heterocycles. The fraction of sp³-hybridized carbons (Fsp3) is 0.455. The summed E-state index contributed by atoms with van der Waals surface area (Å²) in [5.74, 6) is 1.29. The van der Waals surface area contributed by atoms with E-state index in [4.69, 9.17) is 21.4 Å². The van der Waals surface area contributed by atoms with Crippen LogP contribution in [0.2, 0.25) is 5.02 Å². The molecule has 0 aromatic heterocycles. The fourth-order valence-corrected chi connectivity index (χ4v) is 4.14. The first-order valence-corrected chi connectivity index (χ1v) is 10.9. The molecule has 1 unspecified atom stereocenters. The lowest BCUT2D eigenvalue weighted by Gasteiger charge is -2.33.